The molecule has 2 rings (SSSR count). The van der Waals surface area contributed by atoms with E-state index in [1.165, 1.54) is 4.88 Å². The first-order valence-corrected chi connectivity index (χ1v) is 7.08. The second-order valence-electron chi connectivity index (χ2n) is 3.17. The lowest BCUT2D eigenvalue weighted by Gasteiger charge is -2.05. The van der Waals surface area contributed by atoms with Crippen LogP contribution in [0.3, 0.4) is 0 Å². The number of hydrogen-bond acceptors (Lipinski definition) is 4. The maximum absolute atomic E-state index is 4.30. The number of halogens is 2. The zero-order valence-corrected chi connectivity index (χ0v) is 12.5. The minimum Gasteiger partial charge on any atom is -0.365 e. The fourth-order valence-electron chi connectivity index (χ4n) is 1.24. The Kier molecular flexibility index (Phi) is 3.94. The van der Waals surface area contributed by atoms with Gasteiger partial charge in [-0.15, -0.1) is 11.3 Å². The van der Waals surface area contributed by atoms with E-state index in [-0.39, 0.29) is 0 Å². The van der Waals surface area contributed by atoms with Crippen molar-refractivity contribution in [3.8, 4) is 0 Å². The van der Waals surface area contributed by atoms with E-state index in [4.69, 9.17) is 0 Å². The Bertz CT molecular complexity index is 478. The molecule has 0 aliphatic carbocycles. The molecule has 2 aromatic heterocycles. The van der Waals surface area contributed by atoms with E-state index in [0.29, 0.717) is 0 Å². The summed E-state index contributed by atoms with van der Waals surface area (Å²) in [7, 11) is 0. The van der Waals surface area contributed by atoms with Crippen LogP contribution in [0.4, 0.5) is 5.82 Å². The van der Waals surface area contributed by atoms with Gasteiger partial charge in [0.15, 0.2) is 0 Å². The summed E-state index contributed by atoms with van der Waals surface area (Å²) in [5.74, 6) is 1.58. The number of aryl methyl sites for hydroxylation is 1. The van der Waals surface area contributed by atoms with Crippen molar-refractivity contribution in [3.05, 3.63) is 37.3 Å². The topological polar surface area (TPSA) is 37.8 Å². The SMILES string of the molecule is Cc1nc(Br)cc(NCc2sccc2Br)n1. The second-order valence-corrected chi connectivity index (χ2v) is 5.84. The smallest absolute Gasteiger partial charge is 0.131 e. The molecular formula is C10H9Br2N3S. The maximum atomic E-state index is 4.30. The van der Waals surface area contributed by atoms with Gasteiger partial charge >= 0.3 is 0 Å². The van der Waals surface area contributed by atoms with Gasteiger partial charge in [-0.1, -0.05) is 0 Å². The molecule has 3 nitrogen and oxygen atoms in total. The van der Waals surface area contributed by atoms with Crippen LogP contribution in [0.1, 0.15) is 10.7 Å². The molecule has 0 fully saturated rings. The average Bonchev–Trinajstić information content (AvgIpc) is 2.59. The van der Waals surface area contributed by atoms with E-state index in [1.54, 1.807) is 11.3 Å². The number of aromatic nitrogens is 2. The van der Waals surface area contributed by atoms with Crippen molar-refractivity contribution < 1.29 is 0 Å². The highest BCUT2D eigenvalue weighted by Gasteiger charge is 2.03. The largest absolute Gasteiger partial charge is 0.365 e. The van der Waals surface area contributed by atoms with Gasteiger partial charge in [-0.05, 0) is 50.2 Å². The highest BCUT2D eigenvalue weighted by molar-refractivity contribution is 9.10. The first-order chi connectivity index (χ1) is 7.65. The summed E-state index contributed by atoms with van der Waals surface area (Å²) in [6.45, 7) is 2.64. The third kappa shape index (κ3) is 3.02. The molecule has 16 heavy (non-hydrogen) atoms. The molecule has 6 heteroatoms. The van der Waals surface area contributed by atoms with Crippen LogP contribution in [-0.4, -0.2) is 9.97 Å². The lowest BCUT2D eigenvalue weighted by Crippen LogP contribution is -2.02. The van der Waals surface area contributed by atoms with Crippen molar-refractivity contribution in [2.24, 2.45) is 0 Å². The Morgan fingerprint density at radius 1 is 1.38 bits per heavy atom. The van der Waals surface area contributed by atoms with E-state index in [9.17, 15) is 0 Å². The molecule has 2 heterocycles. The Morgan fingerprint density at radius 3 is 2.81 bits per heavy atom. The van der Waals surface area contributed by atoms with Crippen LogP contribution in [0.15, 0.2) is 26.6 Å². The first kappa shape index (κ1) is 12.0. The molecule has 0 aliphatic rings. The molecule has 0 unspecified atom stereocenters. The Morgan fingerprint density at radius 2 is 2.19 bits per heavy atom. The number of hydrogen-bond donors (Lipinski definition) is 1. The summed E-state index contributed by atoms with van der Waals surface area (Å²) in [6, 6.07) is 3.91. The molecule has 0 spiro atoms. The van der Waals surface area contributed by atoms with Gasteiger partial charge in [-0.25, -0.2) is 9.97 Å². The summed E-state index contributed by atoms with van der Waals surface area (Å²) >= 11 is 8.56. The Hall–Kier alpha value is -0.460. The molecule has 2 aromatic rings. The lowest BCUT2D eigenvalue weighted by molar-refractivity contribution is 1.01. The Labute approximate surface area is 115 Å². The van der Waals surface area contributed by atoms with Crippen LogP contribution in [0.25, 0.3) is 0 Å². The van der Waals surface area contributed by atoms with Crippen LogP contribution in [0.2, 0.25) is 0 Å². The van der Waals surface area contributed by atoms with E-state index in [2.05, 4.69) is 52.5 Å². The normalized spacial score (nSPS) is 10.4. The molecule has 1 N–H and O–H groups in total. The van der Waals surface area contributed by atoms with Crippen LogP contribution in [0, 0.1) is 6.92 Å². The molecule has 0 radical (unpaired) electrons. The zero-order chi connectivity index (χ0) is 11.5. The van der Waals surface area contributed by atoms with E-state index in [0.717, 1.165) is 27.3 Å². The number of nitrogens with one attached hydrogen (secondary N) is 1. The lowest BCUT2D eigenvalue weighted by atomic mass is 10.4. The zero-order valence-electron chi connectivity index (χ0n) is 8.50. The van der Waals surface area contributed by atoms with Crippen molar-refractivity contribution in [2.45, 2.75) is 13.5 Å². The number of rotatable bonds is 3. The third-order valence-electron chi connectivity index (χ3n) is 1.93. The number of thiophene rings is 1. The van der Waals surface area contributed by atoms with Gasteiger partial charge in [0.2, 0.25) is 0 Å². The summed E-state index contributed by atoms with van der Waals surface area (Å²) < 4.78 is 1.93. The second kappa shape index (κ2) is 5.25. The van der Waals surface area contributed by atoms with Gasteiger partial charge in [0.05, 0.1) is 6.54 Å². The summed E-state index contributed by atoms with van der Waals surface area (Å²) in [5, 5.41) is 5.33. The van der Waals surface area contributed by atoms with E-state index < -0.39 is 0 Å². The van der Waals surface area contributed by atoms with Crippen molar-refractivity contribution in [1.29, 1.82) is 0 Å². The highest BCUT2D eigenvalue weighted by atomic mass is 79.9. The molecule has 0 saturated carbocycles. The van der Waals surface area contributed by atoms with Gasteiger partial charge in [-0.3, -0.25) is 0 Å². The van der Waals surface area contributed by atoms with Crippen molar-refractivity contribution in [1.82, 2.24) is 9.97 Å². The maximum Gasteiger partial charge on any atom is 0.131 e. The van der Waals surface area contributed by atoms with Crippen molar-refractivity contribution in [3.63, 3.8) is 0 Å². The monoisotopic (exact) mass is 361 g/mol. The summed E-state index contributed by atoms with van der Waals surface area (Å²) in [6.07, 6.45) is 0. The quantitative estimate of drug-likeness (QED) is 0.839. The minimum absolute atomic E-state index is 0.752. The minimum atomic E-state index is 0.752. The Balaban J connectivity index is 2.07. The van der Waals surface area contributed by atoms with Crippen molar-refractivity contribution in [2.75, 3.05) is 5.32 Å². The molecular weight excluding hydrogens is 354 g/mol. The fraction of sp³-hybridized carbons (Fsp3) is 0.200. The standard InChI is InChI=1S/C10H9Br2N3S/c1-6-14-9(12)4-10(15-6)13-5-8-7(11)2-3-16-8/h2-4H,5H2,1H3,(H,13,14,15). The molecule has 0 aliphatic heterocycles. The molecule has 0 saturated heterocycles. The van der Waals surface area contributed by atoms with Crippen LogP contribution in [0.5, 0.6) is 0 Å². The van der Waals surface area contributed by atoms with Gasteiger partial charge < -0.3 is 5.32 Å². The van der Waals surface area contributed by atoms with Crippen molar-refractivity contribution >= 4 is 49.0 Å². The van der Waals surface area contributed by atoms with Crippen LogP contribution < -0.4 is 5.32 Å². The van der Waals surface area contributed by atoms with E-state index in [1.807, 2.05) is 19.1 Å². The molecule has 0 aromatic carbocycles. The highest BCUT2D eigenvalue weighted by Crippen LogP contribution is 2.23. The molecule has 0 bridgehead atoms. The van der Waals surface area contributed by atoms with Gasteiger partial charge in [0.1, 0.15) is 16.2 Å². The molecule has 0 amide bonds. The van der Waals surface area contributed by atoms with E-state index >= 15 is 0 Å². The van der Waals surface area contributed by atoms with Crippen LogP contribution in [-0.2, 0) is 6.54 Å². The first-order valence-electron chi connectivity index (χ1n) is 4.62. The average molecular weight is 363 g/mol. The predicted molar refractivity (Wildman–Crippen MR) is 73.8 cm³/mol. The van der Waals surface area contributed by atoms with Gasteiger partial charge in [0, 0.05) is 15.4 Å². The van der Waals surface area contributed by atoms with Gasteiger partial charge in [0.25, 0.3) is 0 Å². The van der Waals surface area contributed by atoms with Crippen LogP contribution >= 0.6 is 43.2 Å². The van der Waals surface area contributed by atoms with Gasteiger partial charge in [-0.2, -0.15) is 0 Å². The predicted octanol–water partition coefficient (Wildman–Crippen LogP) is 3.98. The fourth-order valence-corrected chi connectivity index (χ4v) is 3.15. The summed E-state index contributed by atoms with van der Waals surface area (Å²) in [5.41, 5.74) is 0. The summed E-state index contributed by atoms with van der Waals surface area (Å²) in [4.78, 5) is 9.71. The number of nitrogens with zero attached hydrogens (tertiary/aromatic N) is 2. The number of anilines is 1. The molecule has 0 atom stereocenters. The third-order valence-corrected chi connectivity index (χ3v) is 4.26. The molecule has 84 valence electrons.